The molecule has 13 heavy (non-hydrogen) atoms. The van der Waals surface area contributed by atoms with Crippen molar-refractivity contribution in [1.29, 1.82) is 0 Å². The molecular weight excluding hydrogens is 186 g/mol. The molecule has 0 spiro atoms. The van der Waals surface area contributed by atoms with E-state index in [1.54, 1.807) is 11.3 Å². The van der Waals surface area contributed by atoms with E-state index in [4.69, 9.17) is 5.11 Å². The molecule has 0 amide bonds. The second kappa shape index (κ2) is 3.12. The first-order valence-corrected chi connectivity index (χ1v) is 5.03. The second-order valence-electron chi connectivity index (χ2n) is 3.28. The summed E-state index contributed by atoms with van der Waals surface area (Å²) in [5.74, 6) is -0.753. The summed E-state index contributed by atoms with van der Waals surface area (Å²) in [7, 11) is 0. The third-order valence-corrected chi connectivity index (χ3v) is 3.36. The minimum Gasteiger partial charge on any atom is -0.480 e. The van der Waals surface area contributed by atoms with E-state index in [1.165, 1.54) is 15.3 Å². The lowest BCUT2D eigenvalue weighted by molar-refractivity contribution is -0.139. The summed E-state index contributed by atoms with van der Waals surface area (Å²) in [5, 5.41) is 11.8. The van der Waals surface area contributed by atoms with Gasteiger partial charge in [0.05, 0.1) is 0 Å². The first-order valence-electron chi connectivity index (χ1n) is 4.21. The Labute approximate surface area is 80.4 Å². The van der Waals surface area contributed by atoms with Gasteiger partial charge in [0.2, 0.25) is 0 Å². The maximum atomic E-state index is 10.7. The van der Waals surface area contributed by atoms with Crippen LogP contribution < -0.4 is 5.32 Å². The molecule has 3 nitrogen and oxygen atoms in total. The zero-order chi connectivity index (χ0) is 9.42. The first kappa shape index (κ1) is 8.72. The summed E-state index contributed by atoms with van der Waals surface area (Å²) in [6.07, 6.45) is 0.628. The molecule has 2 rings (SSSR count). The van der Waals surface area contributed by atoms with Gasteiger partial charge in [0.25, 0.3) is 0 Å². The Morgan fingerprint density at radius 1 is 1.77 bits per heavy atom. The Bertz CT molecular complexity index is 345. The molecule has 1 aliphatic rings. The van der Waals surface area contributed by atoms with Crippen molar-refractivity contribution in [1.82, 2.24) is 5.32 Å². The quantitative estimate of drug-likeness (QED) is 0.710. The number of hydrogen-bond acceptors (Lipinski definition) is 3. The summed E-state index contributed by atoms with van der Waals surface area (Å²) < 4.78 is 0. The Kier molecular flexibility index (Phi) is 2.09. The number of aryl methyl sites for hydroxylation is 1. The lowest BCUT2D eigenvalue weighted by atomic mass is 10.0. The third kappa shape index (κ3) is 1.59. The van der Waals surface area contributed by atoms with Gasteiger partial charge in [-0.15, -0.1) is 11.3 Å². The van der Waals surface area contributed by atoms with Gasteiger partial charge in [0.1, 0.15) is 6.04 Å². The van der Waals surface area contributed by atoms with Crippen LogP contribution in [-0.2, 0) is 17.8 Å². The Morgan fingerprint density at radius 2 is 2.54 bits per heavy atom. The lowest BCUT2D eigenvalue weighted by Crippen LogP contribution is -2.40. The molecule has 2 N–H and O–H groups in total. The molecule has 0 saturated heterocycles. The van der Waals surface area contributed by atoms with Crippen molar-refractivity contribution in [3.05, 3.63) is 21.4 Å². The highest BCUT2D eigenvalue weighted by Gasteiger charge is 2.24. The van der Waals surface area contributed by atoms with E-state index in [0.717, 1.165) is 0 Å². The van der Waals surface area contributed by atoms with Gasteiger partial charge in [-0.3, -0.25) is 10.1 Å². The molecular formula is C9H11NO2S. The molecule has 1 aromatic rings. The number of carbonyl (C=O) groups is 1. The van der Waals surface area contributed by atoms with Crippen LogP contribution >= 0.6 is 11.3 Å². The average Bonchev–Trinajstić information content (AvgIpc) is 2.42. The van der Waals surface area contributed by atoms with Crippen molar-refractivity contribution in [3.63, 3.8) is 0 Å². The van der Waals surface area contributed by atoms with Gasteiger partial charge in [0, 0.05) is 22.7 Å². The highest BCUT2D eigenvalue weighted by molar-refractivity contribution is 7.12. The van der Waals surface area contributed by atoms with Crippen LogP contribution in [-0.4, -0.2) is 17.1 Å². The summed E-state index contributed by atoms with van der Waals surface area (Å²) >= 11 is 1.71. The Balaban J connectivity index is 2.24. The topological polar surface area (TPSA) is 49.3 Å². The summed E-state index contributed by atoms with van der Waals surface area (Å²) in [5.41, 5.74) is 1.26. The van der Waals surface area contributed by atoms with Gasteiger partial charge in [-0.2, -0.15) is 0 Å². The predicted octanol–water partition coefficient (Wildman–Crippen LogP) is 1.16. The second-order valence-corrected chi connectivity index (χ2v) is 4.62. The number of aliphatic carboxylic acids is 1. The molecule has 0 fully saturated rings. The van der Waals surface area contributed by atoms with Crippen molar-refractivity contribution in [2.24, 2.45) is 0 Å². The van der Waals surface area contributed by atoms with Gasteiger partial charge in [-0.25, -0.2) is 0 Å². The van der Waals surface area contributed by atoms with Crippen molar-refractivity contribution in [3.8, 4) is 0 Å². The normalized spacial score (nSPS) is 21.2. The largest absolute Gasteiger partial charge is 0.480 e. The smallest absolute Gasteiger partial charge is 0.321 e. The number of fused-ring (bicyclic) bond motifs is 1. The first-order chi connectivity index (χ1) is 6.16. The van der Waals surface area contributed by atoms with E-state index in [-0.39, 0.29) is 0 Å². The fraction of sp³-hybridized carbons (Fsp3) is 0.444. The van der Waals surface area contributed by atoms with Crippen molar-refractivity contribution < 1.29 is 9.90 Å². The molecule has 0 unspecified atom stereocenters. The molecule has 0 aliphatic carbocycles. The SMILES string of the molecule is Cc1cc2c(s1)C[C@@H](C(=O)O)NC2. The maximum absolute atomic E-state index is 10.7. The van der Waals surface area contributed by atoms with Crippen LogP contribution in [0.4, 0.5) is 0 Å². The molecule has 1 aromatic heterocycles. The Hall–Kier alpha value is -0.870. The van der Waals surface area contributed by atoms with E-state index in [9.17, 15) is 4.79 Å². The fourth-order valence-electron chi connectivity index (χ4n) is 1.60. The van der Waals surface area contributed by atoms with Gasteiger partial charge < -0.3 is 5.11 Å². The minimum atomic E-state index is -0.753. The summed E-state index contributed by atoms with van der Waals surface area (Å²) in [4.78, 5) is 13.2. The third-order valence-electron chi connectivity index (χ3n) is 2.25. The van der Waals surface area contributed by atoms with Gasteiger partial charge in [-0.1, -0.05) is 0 Å². The summed E-state index contributed by atoms with van der Waals surface area (Å²) in [6.45, 7) is 2.75. The van der Waals surface area contributed by atoms with E-state index in [1.807, 2.05) is 0 Å². The molecule has 1 aliphatic heterocycles. The number of hydrogen-bond donors (Lipinski definition) is 2. The van der Waals surface area contributed by atoms with Crippen LogP contribution in [0.1, 0.15) is 15.3 Å². The zero-order valence-corrected chi connectivity index (χ0v) is 8.15. The molecule has 1 atom stereocenters. The van der Waals surface area contributed by atoms with Crippen LogP contribution in [0.2, 0.25) is 0 Å². The number of rotatable bonds is 1. The number of thiophene rings is 1. The number of nitrogens with one attached hydrogen (secondary N) is 1. The molecule has 0 aromatic carbocycles. The molecule has 4 heteroatoms. The van der Waals surface area contributed by atoms with E-state index >= 15 is 0 Å². The van der Waals surface area contributed by atoms with E-state index < -0.39 is 12.0 Å². The zero-order valence-electron chi connectivity index (χ0n) is 7.33. The monoisotopic (exact) mass is 197 g/mol. The van der Waals surface area contributed by atoms with Gasteiger partial charge in [0.15, 0.2) is 0 Å². The highest BCUT2D eigenvalue weighted by Crippen LogP contribution is 2.26. The highest BCUT2D eigenvalue weighted by atomic mass is 32.1. The van der Waals surface area contributed by atoms with Crippen LogP contribution in [0.25, 0.3) is 0 Å². The van der Waals surface area contributed by atoms with Crippen molar-refractivity contribution >= 4 is 17.3 Å². The fourth-order valence-corrected chi connectivity index (χ4v) is 2.70. The van der Waals surface area contributed by atoms with Gasteiger partial charge in [-0.05, 0) is 18.6 Å². The van der Waals surface area contributed by atoms with Crippen LogP contribution in [0.15, 0.2) is 6.07 Å². The molecule has 0 saturated carbocycles. The lowest BCUT2D eigenvalue weighted by Gasteiger charge is -2.19. The maximum Gasteiger partial charge on any atom is 0.321 e. The average molecular weight is 197 g/mol. The van der Waals surface area contributed by atoms with Crippen LogP contribution in [0.3, 0.4) is 0 Å². The predicted molar refractivity (Wildman–Crippen MR) is 51.0 cm³/mol. The standard InChI is InChI=1S/C9H11NO2S/c1-5-2-6-4-10-7(9(11)12)3-8(6)13-5/h2,7,10H,3-4H2,1H3,(H,11,12)/t7-/m0/s1. The molecule has 0 radical (unpaired) electrons. The minimum absolute atomic E-state index is 0.398. The summed E-state index contributed by atoms with van der Waals surface area (Å²) in [6, 6.07) is 1.73. The van der Waals surface area contributed by atoms with E-state index in [0.29, 0.717) is 13.0 Å². The van der Waals surface area contributed by atoms with Crippen molar-refractivity contribution in [2.75, 3.05) is 0 Å². The molecule has 70 valence electrons. The molecule has 0 bridgehead atoms. The molecule has 2 heterocycles. The van der Waals surface area contributed by atoms with Gasteiger partial charge >= 0.3 is 5.97 Å². The number of carboxylic acid groups (broad SMARTS) is 1. The Morgan fingerprint density at radius 3 is 3.23 bits per heavy atom. The van der Waals surface area contributed by atoms with E-state index in [2.05, 4.69) is 18.3 Å². The van der Waals surface area contributed by atoms with Crippen LogP contribution in [0.5, 0.6) is 0 Å². The van der Waals surface area contributed by atoms with Crippen LogP contribution in [0, 0.1) is 6.92 Å². The number of carboxylic acids is 1. The van der Waals surface area contributed by atoms with Crippen molar-refractivity contribution in [2.45, 2.75) is 25.9 Å².